The first-order valence-corrected chi connectivity index (χ1v) is 8.74. The van der Waals surface area contributed by atoms with Crippen LogP contribution in [0.25, 0.3) is 5.69 Å². The Morgan fingerprint density at radius 3 is 2.56 bits per heavy atom. The van der Waals surface area contributed by atoms with Crippen LogP contribution in [0, 0.1) is 12.7 Å². The van der Waals surface area contributed by atoms with Crippen LogP contribution in [0.4, 0.5) is 4.39 Å². The van der Waals surface area contributed by atoms with Crippen molar-refractivity contribution >= 4 is 5.91 Å². The van der Waals surface area contributed by atoms with Gasteiger partial charge in [-0.15, -0.1) is 0 Å². The summed E-state index contributed by atoms with van der Waals surface area (Å²) in [5.41, 5.74) is 2.64. The highest BCUT2D eigenvalue weighted by Gasteiger charge is 2.23. The molecule has 0 aliphatic heterocycles. The monoisotopic (exact) mass is 366 g/mol. The molecule has 3 aromatic rings. The van der Waals surface area contributed by atoms with Gasteiger partial charge in [-0.3, -0.25) is 9.69 Å². The van der Waals surface area contributed by atoms with Gasteiger partial charge < -0.3 is 9.88 Å². The smallest absolute Gasteiger partial charge is 0.242 e. The number of halogens is 1. The van der Waals surface area contributed by atoms with Gasteiger partial charge in [-0.1, -0.05) is 24.3 Å². The Morgan fingerprint density at radius 2 is 1.96 bits per heavy atom. The molecule has 0 radical (unpaired) electrons. The van der Waals surface area contributed by atoms with Crippen molar-refractivity contribution in [2.45, 2.75) is 19.5 Å². The molecule has 0 saturated heterocycles. The highest BCUT2D eigenvalue weighted by molar-refractivity contribution is 5.83. The number of carbonyl (C=O) groups is 1. The van der Waals surface area contributed by atoms with Crippen LogP contribution >= 0.6 is 0 Å². The van der Waals surface area contributed by atoms with E-state index in [4.69, 9.17) is 0 Å². The number of hydrogen-bond acceptors (Lipinski definition) is 3. The summed E-state index contributed by atoms with van der Waals surface area (Å²) in [5.74, 6) is 0.401. The standard InChI is InChI=1S/C21H23FN4O/c1-15-23-11-12-26(15)19-9-7-16(8-10-19)14-24-21(27)20(25(2)3)17-5-4-6-18(22)13-17/h4-13,20H,14H2,1-3H3,(H,24,27). The van der Waals surface area contributed by atoms with E-state index in [-0.39, 0.29) is 11.7 Å². The normalized spacial score (nSPS) is 12.2. The molecule has 0 spiro atoms. The molecular weight excluding hydrogens is 343 g/mol. The summed E-state index contributed by atoms with van der Waals surface area (Å²) in [6.07, 6.45) is 3.67. The lowest BCUT2D eigenvalue weighted by Crippen LogP contribution is -2.36. The minimum Gasteiger partial charge on any atom is -0.350 e. The molecule has 5 nitrogen and oxygen atoms in total. The number of nitrogens with one attached hydrogen (secondary N) is 1. The number of nitrogens with zero attached hydrogens (tertiary/aromatic N) is 3. The third-order valence-corrected chi connectivity index (χ3v) is 4.44. The Bertz CT molecular complexity index is 918. The molecule has 0 aliphatic carbocycles. The Balaban J connectivity index is 1.68. The van der Waals surface area contributed by atoms with Crippen molar-refractivity contribution in [1.82, 2.24) is 19.8 Å². The van der Waals surface area contributed by atoms with Crippen LogP contribution in [0.3, 0.4) is 0 Å². The molecule has 1 N–H and O–H groups in total. The molecule has 0 aliphatic rings. The second kappa shape index (κ2) is 8.14. The number of rotatable bonds is 6. The molecule has 1 heterocycles. The Kier molecular flexibility index (Phi) is 5.66. The lowest BCUT2D eigenvalue weighted by molar-refractivity contribution is -0.125. The van der Waals surface area contributed by atoms with Crippen LogP contribution in [0.2, 0.25) is 0 Å². The molecule has 1 unspecified atom stereocenters. The van der Waals surface area contributed by atoms with E-state index in [0.29, 0.717) is 12.1 Å². The summed E-state index contributed by atoms with van der Waals surface area (Å²) in [4.78, 5) is 18.7. The fourth-order valence-corrected chi connectivity index (χ4v) is 3.07. The predicted molar refractivity (Wildman–Crippen MR) is 103 cm³/mol. The first kappa shape index (κ1) is 18.8. The van der Waals surface area contributed by atoms with E-state index >= 15 is 0 Å². The molecule has 0 bridgehead atoms. The van der Waals surface area contributed by atoms with Crippen LogP contribution in [0.5, 0.6) is 0 Å². The lowest BCUT2D eigenvalue weighted by Gasteiger charge is -2.24. The van der Waals surface area contributed by atoms with Gasteiger partial charge in [0.05, 0.1) is 0 Å². The zero-order valence-electron chi connectivity index (χ0n) is 15.7. The summed E-state index contributed by atoms with van der Waals surface area (Å²) in [6, 6.07) is 13.5. The summed E-state index contributed by atoms with van der Waals surface area (Å²) in [5, 5.41) is 2.94. The van der Waals surface area contributed by atoms with Gasteiger partial charge in [-0.25, -0.2) is 9.37 Å². The number of carbonyl (C=O) groups excluding carboxylic acids is 1. The molecule has 1 atom stereocenters. The Morgan fingerprint density at radius 1 is 1.22 bits per heavy atom. The maximum atomic E-state index is 13.5. The number of hydrogen-bond donors (Lipinski definition) is 1. The molecule has 0 fully saturated rings. The predicted octanol–water partition coefficient (Wildman–Crippen LogP) is 3.24. The topological polar surface area (TPSA) is 50.2 Å². The molecule has 2 aromatic carbocycles. The van der Waals surface area contributed by atoms with Gasteiger partial charge in [0.2, 0.25) is 5.91 Å². The molecule has 6 heteroatoms. The maximum Gasteiger partial charge on any atom is 0.242 e. The molecule has 140 valence electrons. The second-order valence-electron chi connectivity index (χ2n) is 6.65. The number of amides is 1. The Hall–Kier alpha value is -2.99. The van der Waals surface area contributed by atoms with Crippen molar-refractivity contribution in [1.29, 1.82) is 0 Å². The largest absolute Gasteiger partial charge is 0.350 e. The number of imidazole rings is 1. The van der Waals surface area contributed by atoms with Gasteiger partial charge in [-0.2, -0.15) is 0 Å². The minimum atomic E-state index is -0.548. The molecule has 1 aromatic heterocycles. The average Bonchev–Trinajstić information content (AvgIpc) is 3.06. The van der Waals surface area contributed by atoms with E-state index in [1.54, 1.807) is 37.3 Å². The van der Waals surface area contributed by atoms with Crippen molar-refractivity contribution < 1.29 is 9.18 Å². The summed E-state index contributed by atoms with van der Waals surface area (Å²) >= 11 is 0. The van der Waals surface area contributed by atoms with Crippen molar-refractivity contribution in [3.8, 4) is 5.69 Å². The third-order valence-electron chi connectivity index (χ3n) is 4.44. The fourth-order valence-electron chi connectivity index (χ4n) is 3.07. The van der Waals surface area contributed by atoms with E-state index in [2.05, 4.69) is 10.3 Å². The minimum absolute atomic E-state index is 0.167. The third kappa shape index (κ3) is 4.41. The fraction of sp³-hybridized carbons (Fsp3) is 0.238. The molecule has 27 heavy (non-hydrogen) atoms. The van der Waals surface area contributed by atoms with E-state index in [0.717, 1.165) is 17.1 Å². The highest BCUT2D eigenvalue weighted by Crippen LogP contribution is 2.19. The quantitative estimate of drug-likeness (QED) is 0.729. The van der Waals surface area contributed by atoms with Gasteiger partial charge in [0.1, 0.15) is 17.7 Å². The van der Waals surface area contributed by atoms with Gasteiger partial charge in [0.15, 0.2) is 0 Å². The summed E-state index contributed by atoms with van der Waals surface area (Å²) in [7, 11) is 3.61. The van der Waals surface area contributed by atoms with Crippen LogP contribution in [0.1, 0.15) is 23.0 Å². The molecule has 0 saturated carbocycles. The van der Waals surface area contributed by atoms with Crippen molar-refractivity contribution in [3.63, 3.8) is 0 Å². The van der Waals surface area contributed by atoms with Crippen molar-refractivity contribution in [2.75, 3.05) is 14.1 Å². The zero-order chi connectivity index (χ0) is 19.4. The van der Waals surface area contributed by atoms with E-state index in [1.165, 1.54) is 12.1 Å². The van der Waals surface area contributed by atoms with Crippen molar-refractivity contribution in [2.24, 2.45) is 0 Å². The van der Waals surface area contributed by atoms with E-state index < -0.39 is 6.04 Å². The lowest BCUT2D eigenvalue weighted by atomic mass is 10.0. The van der Waals surface area contributed by atoms with Crippen LogP contribution in [-0.2, 0) is 11.3 Å². The van der Waals surface area contributed by atoms with Crippen LogP contribution in [-0.4, -0.2) is 34.5 Å². The molecule has 1 amide bonds. The molecule has 3 rings (SSSR count). The number of benzene rings is 2. The summed E-state index contributed by atoms with van der Waals surface area (Å²) < 4.78 is 15.5. The second-order valence-corrected chi connectivity index (χ2v) is 6.65. The summed E-state index contributed by atoms with van der Waals surface area (Å²) in [6.45, 7) is 2.35. The van der Waals surface area contributed by atoms with E-state index in [9.17, 15) is 9.18 Å². The van der Waals surface area contributed by atoms with Crippen molar-refractivity contribution in [3.05, 3.63) is 83.7 Å². The Labute approximate surface area is 158 Å². The van der Waals surface area contributed by atoms with Gasteiger partial charge >= 0.3 is 0 Å². The zero-order valence-corrected chi connectivity index (χ0v) is 15.7. The van der Waals surface area contributed by atoms with Gasteiger partial charge in [0.25, 0.3) is 0 Å². The number of aromatic nitrogens is 2. The van der Waals surface area contributed by atoms with Crippen LogP contribution in [0.15, 0.2) is 60.9 Å². The number of aryl methyl sites for hydroxylation is 1. The van der Waals surface area contributed by atoms with Gasteiger partial charge in [0, 0.05) is 24.6 Å². The van der Waals surface area contributed by atoms with Crippen LogP contribution < -0.4 is 5.32 Å². The highest BCUT2D eigenvalue weighted by atomic mass is 19.1. The number of likely N-dealkylation sites (N-methyl/N-ethyl adjacent to an activating group) is 1. The first-order chi connectivity index (χ1) is 13.0. The average molecular weight is 366 g/mol. The first-order valence-electron chi connectivity index (χ1n) is 8.74. The maximum absolute atomic E-state index is 13.5. The SMILES string of the molecule is Cc1nccn1-c1ccc(CNC(=O)C(c2cccc(F)c2)N(C)C)cc1. The van der Waals surface area contributed by atoms with Gasteiger partial charge in [-0.05, 0) is 56.4 Å². The van der Waals surface area contributed by atoms with E-state index in [1.807, 2.05) is 42.0 Å². The molecular formula is C21H23FN4O.